The Morgan fingerprint density at radius 2 is 0.871 bits per heavy atom. The molecular formula is C38H87N5O14Si5. The Bertz CT molecular complexity index is 1500. The standard InChI is InChI=1S/C21H45N3O9Si3.C17H42N2O5Si2/c1-28-34(7,8)16-10-13-22-19(25)23(14-11-17-35(9,29-2)30-3)21(27)24(20(22)26)15-12-18-36(31-4,32-5)33-6;1-21-25(4,5)13-8-12-24-16-17(20)15-19-11-10-18-9-7-14-26(6,22-2)23-3/h10-18H2,1-9H3;17-20H,7-16H2,1-6H3. The van der Waals surface area contributed by atoms with Crippen LogP contribution in [0.1, 0.15) is 32.1 Å². The van der Waals surface area contributed by atoms with Crippen LogP contribution in [0.5, 0.6) is 0 Å². The van der Waals surface area contributed by atoms with Crippen molar-refractivity contribution in [3.05, 3.63) is 31.5 Å². The normalized spacial score (nSPS) is 13.4. The summed E-state index contributed by atoms with van der Waals surface area (Å²) in [6.45, 7) is 17.3. The maximum Gasteiger partial charge on any atom is 0.500 e. The molecule has 1 rings (SSSR count). The van der Waals surface area contributed by atoms with Gasteiger partial charge in [0.1, 0.15) is 0 Å². The van der Waals surface area contributed by atoms with Gasteiger partial charge < -0.3 is 60.3 Å². The van der Waals surface area contributed by atoms with E-state index in [0.717, 1.165) is 59.7 Å². The van der Waals surface area contributed by atoms with E-state index in [9.17, 15) is 19.5 Å². The second kappa shape index (κ2) is 31.8. The summed E-state index contributed by atoms with van der Waals surface area (Å²) in [4.78, 5) is 39.8. The predicted octanol–water partition coefficient (Wildman–Crippen LogP) is 2.98. The van der Waals surface area contributed by atoms with Gasteiger partial charge in [0.15, 0.2) is 16.6 Å². The van der Waals surface area contributed by atoms with Gasteiger partial charge in [0.25, 0.3) is 0 Å². The molecule has 1 aromatic rings. The topological polar surface area (TPSA) is 203 Å². The second-order valence-corrected chi connectivity index (χ2v) is 35.9. The fraction of sp³-hybridized carbons (Fsp3) is 0.921. The molecule has 1 heterocycles. The van der Waals surface area contributed by atoms with Crippen molar-refractivity contribution < 1.29 is 49.7 Å². The molecular weight excluding hydrogens is 891 g/mol. The molecule has 0 spiro atoms. The SMILES string of the molecule is CO[Si](C)(C)CCCOCC(O)CNCCNCCC[Si](C)(OC)OC.CO[Si](C)(C)CCCn1c(=O)n(CCC[Si](C)(OC)OC)c(=O)n(CCC[Si](OC)(OC)OC)c1=O. The molecule has 0 fully saturated rings. The van der Waals surface area contributed by atoms with E-state index in [1.807, 2.05) is 6.55 Å². The van der Waals surface area contributed by atoms with E-state index in [0.29, 0.717) is 51.1 Å². The molecule has 1 aromatic heterocycles. The van der Waals surface area contributed by atoms with Gasteiger partial charge in [0.2, 0.25) is 0 Å². The van der Waals surface area contributed by atoms with Crippen LogP contribution in [0.3, 0.4) is 0 Å². The zero-order valence-electron chi connectivity index (χ0n) is 41.1. The minimum absolute atomic E-state index is 0.115. The molecule has 0 saturated heterocycles. The molecule has 0 aliphatic rings. The molecule has 0 bridgehead atoms. The van der Waals surface area contributed by atoms with Crippen molar-refractivity contribution in [3.63, 3.8) is 0 Å². The number of nitrogens with zero attached hydrogens (tertiary/aromatic N) is 3. The average Bonchev–Trinajstić information content (AvgIpc) is 3.26. The Morgan fingerprint density at radius 1 is 0.484 bits per heavy atom. The molecule has 0 aromatic carbocycles. The van der Waals surface area contributed by atoms with Gasteiger partial charge in [-0.25, -0.2) is 28.1 Å². The van der Waals surface area contributed by atoms with Gasteiger partial charge in [-0.15, -0.1) is 0 Å². The molecule has 368 valence electrons. The minimum Gasteiger partial charge on any atom is -0.420 e. The van der Waals surface area contributed by atoms with E-state index < -0.39 is 65.7 Å². The maximum absolute atomic E-state index is 13.3. The third-order valence-corrected chi connectivity index (χ3v) is 25.5. The number of aliphatic hydroxyl groups is 1. The largest absolute Gasteiger partial charge is 0.500 e. The summed E-state index contributed by atoms with van der Waals surface area (Å²) in [6, 6.07) is 3.87. The summed E-state index contributed by atoms with van der Waals surface area (Å²) < 4.78 is 58.4. The summed E-state index contributed by atoms with van der Waals surface area (Å²) in [7, 11) is 4.17. The van der Waals surface area contributed by atoms with Crippen LogP contribution in [0.25, 0.3) is 0 Å². The molecule has 0 radical (unpaired) electrons. The zero-order chi connectivity index (χ0) is 47.5. The lowest BCUT2D eigenvalue weighted by Gasteiger charge is -2.24. The monoisotopic (exact) mass is 978 g/mol. The van der Waals surface area contributed by atoms with E-state index >= 15 is 0 Å². The van der Waals surface area contributed by atoms with Gasteiger partial charge >= 0.3 is 43.0 Å². The van der Waals surface area contributed by atoms with Gasteiger partial charge in [-0.05, 0) is 102 Å². The number of aliphatic hydroxyl groups excluding tert-OH is 1. The fourth-order valence-electron chi connectivity index (χ4n) is 6.25. The maximum atomic E-state index is 13.3. The van der Waals surface area contributed by atoms with Crippen molar-refractivity contribution in [1.29, 1.82) is 0 Å². The van der Waals surface area contributed by atoms with E-state index in [1.54, 1.807) is 42.7 Å². The highest BCUT2D eigenvalue weighted by atomic mass is 28.4. The number of nitrogens with one attached hydrogen (secondary N) is 2. The zero-order valence-corrected chi connectivity index (χ0v) is 46.1. The minimum atomic E-state index is -2.87. The molecule has 62 heavy (non-hydrogen) atoms. The first kappa shape index (κ1) is 61.0. The van der Waals surface area contributed by atoms with Crippen molar-refractivity contribution in [1.82, 2.24) is 24.3 Å². The van der Waals surface area contributed by atoms with Gasteiger partial charge in [0, 0.05) is 116 Å². The third kappa shape index (κ3) is 23.4. The van der Waals surface area contributed by atoms with Crippen LogP contribution in [-0.2, 0) is 64.2 Å². The molecule has 1 atom stereocenters. The molecule has 1 unspecified atom stereocenters. The van der Waals surface area contributed by atoms with Crippen LogP contribution in [0.4, 0.5) is 0 Å². The number of hydrogen-bond donors (Lipinski definition) is 3. The van der Waals surface area contributed by atoms with Crippen LogP contribution >= 0.6 is 0 Å². The van der Waals surface area contributed by atoms with Gasteiger partial charge in [-0.2, -0.15) is 0 Å². The Balaban J connectivity index is 0.00000127. The van der Waals surface area contributed by atoms with Crippen molar-refractivity contribution in [3.8, 4) is 0 Å². The molecule has 0 saturated carbocycles. The van der Waals surface area contributed by atoms with Gasteiger partial charge in [-0.3, -0.25) is 0 Å². The first-order valence-electron chi connectivity index (χ1n) is 21.7. The lowest BCUT2D eigenvalue weighted by molar-refractivity contribution is 0.0372. The molecule has 19 nitrogen and oxygen atoms in total. The first-order valence-corrected chi connectivity index (χ1v) is 35.0. The van der Waals surface area contributed by atoms with E-state index in [1.165, 1.54) is 25.9 Å². The third-order valence-electron chi connectivity index (χ3n) is 11.4. The average molecular weight is 979 g/mol. The molecule has 0 aliphatic heterocycles. The number of ether oxygens (including phenoxy) is 1. The Labute approximate surface area is 377 Å². The number of hydrogen-bond acceptors (Lipinski definition) is 16. The van der Waals surface area contributed by atoms with Crippen molar-refractivity contribution in [2.45, 2.75) is 127 Å². The summed E-state index contributed by atoms with van der Waals surface area (Å²) in [6.07, 6.45) is 3.10. The van der Waals surface area contributed by atoms with E-state index in [2.05, 4.69) is 43.4 Å². The number of aromatic nitrogens is 3. The first-order chi connectivity index (χ1) is 29.2. The van der Waals surface area contributed by atoms with E-state index in [4.69, 9.17) is 44.6 Å². The lowest BCUT2D eigenvalue weighted by atomic mass is 10.3. The molecule has 0 aliphatic carbocycles. The molecule has 3 N–H and O–H groups in total. The van der Waals surface area contributed by atoms with Crippen LogP contribution in [0.2, 0.25) is 69.5 Å². The summed E-state index contributed by atoms with van der Waals surface area (Å²) in [5.41, 5.74) is -1.82. The molecule has 0 amide bonds. The Kier molecular flexibility index (Phi) is 31.3. The smallest absolute Gasteiger partial charge is 0.420 e. The summed E-state index contributed by atoms with van der Waals surface area (Å²) in [5.74, 6) is 0. The number of rotatable bonds is 36. The van der Waals surface area contributed by atoms with Crippen LogP contribution in [-0.4, -0.2) is 171 Å². The predicted molar refractivity (Wildman–Crippen MR) is 256 cm³/mol. The van der Waals surface area contributed by atoms with Crippen LogP contribution in [0.15, 0.2) is 14.4 Å². The van der Waals surface area contributed by atoms with Crippen molar-refractivity contribution >= 4 is 42.6 Å². The summed E-state index contributed by atoms with van der Waals surface area (Å²) in [5, 5.41) is 16.5. The second-order valence-electron chi connectivity index (χ2n) is 16.8. The highest BCUT2D eigenvalue weighted by Crippen LogP contribution is 2.17. The van der Waals surface area contributed by atoms with Crippen molar-refractivity contribution in [2.24, 2.45) is 0 Å². The van der Waals surface area contributed by atoms with Crippen LogP contribution in [0, 0.1) is 0 Å². The lowest BCUT2D eigenvalue weighted by Crippen LogP contribution is -2.55. The highest BCUT2D eigenvalue weighted by molar-refractivity contribution is 6.71. The summed E-state index contributed by atoms with van der Waals surface area (Å²) >= 11 is 0. The van der Waals surface area contributed by atoms with Gasteiger partial charge in [0.05, 0.1) is 12.7 Å². The highest BCUT2D eigenvalue weighted by Gasteiger charge is 2.37. The Hall–Kier alpha value is -1.03. The Morgan fingerprint density at radius 3 is 1.29 bits per heavy atom. The quantitative estimate of drug-likeness (QED) is 0.0654. The molecule has 24 heteroatoms. The van der Waals surface area contributed by atoms with Gasteiger partial charge in [-0.1, -0.05) is 0 Å². The van der Waals surface area contributed by atoms with E-state index in [-0.39, 0.29) is 19.6 Å². The fourth-order valence-corrected chi connectivity index (χ4v) is 13.1. The van der Waals surface area contributed by atoms with Crippen molar-refractivity contribution in [2.75, 3.05) is 103 Å². The van der Waals surface area contributed by atoms with Crippen LogP contribution < -0.4 is 27.7 Å².